The number of nitrogens with zero attached hydrogens (tertiary/aromatic N) is 2. The van der Waals surface area contributed by atoms with Crippen molar-refractivity contribution in [1.82, 2.24) is 9.88 Å². The van der Waals surface area contributed by atoms with Crippen LogP contribution in [0.2, 0.25) is 0 Å². The lowest BCUT2D eigenvalue weighted by molar-refractivity contribution is -0.114. The summed E-state index contributed by atoms with van der Waals surface area (Å²) in [6, 6.07) is 12.8. The number of rotatable bonds is 6. The highest BCUT2D eigenvalue weighted by Gasteiger charge is 2.11. The summed E-state index contributed by atoms with van der Waals surface area (Å²) in [7, 11) is 3.39. The average molecular weight is 397 g/mol. The molecule has 0 aliphatic heterocycles. The van der Waals surface area contributed by atoms with Crippen LogP contribution in [0.25, 0.3) is 10.2 Å². The van der Waals surface area contributed by atoms with Crippen LogP contribution < -0.4 is 10.6 Å². The van der Waals surface area contributed by atoms with Crippen LogP contribution in [0, 0.1) is 0 Å². The van der Waals surface area contributed by atoms with Crippen LogP contribution in [-0.4, -0.2) is 42.3 Å². The average Bonchev–Trinajstić information content (AvgIpc) is 3.09. The first kappa shape index (κ1) is 19.8. The number of carbonyl (C=O) groups is 2. The maximum absolute atomic E-state index is 12.3. The number of amides is 2. The molecular formula is C21H24N4O2S. The number of hydrogen-bond acceptors (Lipinski definition) is 5. The normalized spacial score (nSPS) is 10.9. The number of thiazole rings is 1. The van der Waals surface area contributed by atoms with Gasteiger partial charge in [-0.05, 0) is 36.4 Å². The van der Waals surface area contributed by atoms with Gasteiger partial charge in [0.15, 0.2) is 0 Å². The summed E-state index contributed by atoms with van der Waals surface area (Å²) in [5, 5.41) is 7.07. The molecule has 2 N–H and O–H groups in total. The van der Waals surface area contributed by atoms with Gasteiger partial charge in [0, 0.05) is 37.0 Å². The molecule has 0 saturated carbocycles. The van der Waals surface area contributed by atoms with Crippen molar-refractivity contribution in [1.29, 1.82) is 0 Å². The third kappa shape index (κ3) is 4.67. The molecule has 2 aromatic carbocycles. The van der Waals surface area contributed by atoms with Gasteiger partial charge < -0.3 is 15.5 Å². The maximum Gasteiger partial charge on any atom is 0.253 e. The molecule has 0 fully saturated rings. The lowest BCUT2D eigenvalue weighted by atomic mass is 10.2. The topological polar surface area (TPSA) is 74.3 Å². The lowest BCUT2D eigenvalue weighted by Crippen LogP contribution is -2.23. The summed E-state index contributed by atoms with van der Waals surface area (Å²) < 4.78 is 1.10. The predicted molar refractivity (Wildman–Crippen MR) is 115 cm³/mol. The van der Waals surface area contributed by atoms with Gasteiger partial charge in [0.1, 0.15) is 0 Å². The molecular weight excluding hydrogens is 372 g/mol. The van der Waals surface area contributed by atoms with Crippen LogP contribution in [0.3, 0.4) is 0 Å². The number of aromatic nitrogens is 1. The highest BCUT2D eigenvalue weighted by Crippen LogP contribution is 2.29. The van der Waals surface area contributed by atoms with E-state index in [4.69, 9.17) is 0 Å². The lowest BCUT2D eigenvalue weighted by Gasteiger charge is -2.12. The number of anilines is 2. The summed E-state index contributed by atoms with van der Waals surface area (Å²) in [6.45, 7) is 4.39. The highest BCUT2D eigenvalue weighted by atomic mass is 32.1. The van der Waals surface area contributed by atoms with Crippen molar-refractivity contribution in [3.63, 3.8) is 0 Å². The zero-order valence-electron chi connectivity index (χ0n) is 16.4. The summed E-state index contributed by atoms with van der Waals surface area (Å²) in [5.41, 5.74) is 2.98. The Labute approximate surface area is 168 Å². The molecule has 0 atom stereocenters. The number of hydrogen-bond donors (Lipinski definition) is 2. The van der Waals surface area contributed by atoms with Crippen molar-refractivity contribution >= 4 is 44.7 Å². The Hall–Kier alpha value is -2.93. The second-order valence-electron chi connectivity index (χ2n) is 7.07. The fourth-order valence-electron chi connectivity index (χ4n) is 2.68. The molecule has 3 aromatic rings. The molecule has 6 nitrogen and oxygen atoms in total. The fraction of sp³-hybridized carbons (Fsp3) is 0.286. The first-order valence-electron chi connectivity index (χ1n) is 9.09. The van der Waals surface area contributed by atoms with Gasteiger partial charge in [-0.2, -0.15) is 0 Å². The zero-order chi connectivity index (χ0) is 20.3. The van der Waals surface area contributed by atoms with Gasteiger partial charge in [-0.25, -0.2) is 4.98 Å². The smallest absolute Gasteiger partial charge is 0.253 e. The first-order valence-corrected chi connectivity index (χ1v) is 9.91. The summed E-state index contributed by atoms with van der Waals surface area (Å²) in [5.74, 6) is 0.115. The van der Waals surface area contributed by atoms with Gasteiger partial charge >= 0.3 is 0 Å². The third-order valence-electron chi connectivity index (χ3n) is 4.15. The zero-order valence-corrected chi connectivity index (χ0v) is 17.3. The summed E-state index contributed by atoms with van der Waals surface area (Å²) >= 11 is 1.68. The van der Waals surface area contributed by atoms with Crippen LogP contribution in [0.4, 0.5) is 11.4 Å². The van der Waals surface area contributed by atoms with E-state index >= 15 is 0 Å². The van der Waals surface area contributed by atoms with Crippen molar-refractivity contribution in [2.45, 2.75) is 19.8 Å². The van der Waals surface area contributed by atoms with E-state index in [1.165, 1.54) is 4.90 Å². The Morgan fingerprint density at radius 1 is 1.11 bits per heavy atom. The van der Waals surface area contributed by atoms with E-state index in [0.717, 1.165) is 20.9 Å². The van der Waals surface area contributed by atoms with E-state index in [1.54, 1.807) is 49.7 Å². The monoisotopic (exact) mass is 396 g/mol. The largest absolute Gasteiger partial charge is 0.376 e. The fourth-order valence-corrected chi connectivity index (χ4v) is 3.68. The molecule has 0 bridgehead atoms. The van der Waals surface area contributed by atoms with E-state index in [1.807, 2.05) is 18.2 Å². The maximum atomic E-state index is 12.3. The number of carbonyl (C=O) groups excluding carboxylic acids is 2. The van der Waals surface area contributed by atoms with Crippen LogP contribution in [0.5, 0.6) is 0 Å². The van der Waals surface area contributed by atoms with Gasteiger partial charge in [0.05, 0.1) is 21.8 Å². The Bertz CT molecular complexity index is 1010. The first-order chi connectivity index (χ1) is 13.3. The van der Waals surface area contributed by atoms with Crippen molar-refractivity contribution in [2.24, 2.45) is 0 Å². The Kier molecular flexibility index (Phi) is 5.94. The molecule has 1 aromatic heterocycles. The second-order valence-corrected chi connectivity index (χ2v) is 8.13. The van der Waals surface area contributed by atoms with E-state index in [-0.39, 0.29) is 18.4 Å². The van der Waals surface area contributed by atoms with Crippen molar-refractivity contribution in [3.8, 4) is 0 Å². The van der Waals surface area contributed by atoms with E-state index < -0.39 is 0 Å². The molecule has 146 valence electrons. The van der Waals surface area contributed by atoms with Gasteiger partial charge in [-0.15, -0.1) is 11.3 Å². The molecule has 0 radical (unpaired) electrons. The van der Waals surface area contributed by atoms with Crippen LogP contribution >= 0.6 is 11.3 Å². The Morgan fingerprint density at radius 3 is 2.61 bits per heavy atom. The van der Waals surface area contributed by atoms with E-state index in [2.05, 4.69) is 29.5 Å². The minimum Gasteiger partial charge on any atom is -0.376 e. The van der Waals surface area contributed by atoms with Crippen LogP contribution in [0.15, 0.2) is 42.5 Å². The summed E-state index contributed by atoms with van der Waals surface area (Å²) in [4.78, 5) is 30.4. The molecule has 0 spiro atoms. The number of benzene rings is 2. The quantitative estimate of drug-likeness (QED) is 0.656. The van der Waals surface area contributed by atoms with Crippen LogP contribution in [0.1, 0.15) is 35.1 Å². The predicted octanol–water partition coefficient (Wildman–Crippen LogP) is 4.17. The molecule has 1 heterocycles. The third-order valence-corrected chi connectivity index (χ3v) is 5.47. The minimum absolute atomic E-state index is 0.104. The molecule has 0 saturated heterocycles. The molecule has 7 heteroatoms. The van der Waals surface area contributed by atoms with Gasteiger partial charge in [-0.1, -0.05) is 19.9 Å². The second kappa shape index (κ2) is 8.39. The molecule has 3 rings (SSSR count). The van der Waals surface area contributed by atoms with Crippen LogP contribution in [-0.2, 0) is 4.79 Å². The molecule has 28 heavy (non-hydrogen) atoms. The van der Waals surface area contributed by atoms with Crippen molar-refractivity contribution < 1.29 is 9.59 Å². The van der Waals surface area contributed by atoms with Crippen molar-refractivity contribution in [2.75, 3.05) is 31.3 Å². The molecule has 0 aliphatic carbocycles. The van der Waals surface area contributed by atoms with Gasteiger partial charge in [0.25, 0.3) is 5.91 Å². The molecule has 0 aliphatic rings. The molecule has 2 amide bonds. The highest BCUT2D eigenvalue weighted by molar-refractivity contribution is 7.18. The SMILES string of the molecule is CC(C)c1nc2ccc(NCC(=O)Nc3cccc(C(=O)N(C)C)c3)cc2s1. The van der Waals surface area contributed by atoms with Gasteiger partial charge in [-0.3, -0.25) is 9.59 Å². The standard InChI is InChI=1S/C21H24N4O2S/c1-13(2)20-24-17-9-8-15(11-18(17)28-20)22-12-19(26)23-16-7-5-6-14(10-16)21(27)25(3)4/h5-11,13,22H,12H2,1-4H3,(H,23,26). The minimum atomic E-state index is -0.179. The Morgan fingerprint density at radius 2 is 1.89 bits per heavy atom. The molecule has 0 unspecified atom stereocenters. The van der Waals surface area contributed by atoms with E-state index in [0.29, 0.717) is 17.2 Å². The summed E-state index contributed by atoms with van der Waals surface area (Å²) in [6.07, 6.45) is 0. The van der Waals surface area contributed by atoms with Crippen molar-refractivity contribution in [3.05, 3.63) is 53.0 Å². The van der Waals surface area contributed by atoms with Gasteiger partial charge in [0.2, 0.25) is 5.91 Å². The van der Waals surface area contributed by atoms with E-state index in [9.17, 15) is 9.59 Å². The number of nitrogens with one attached hydrogen (secondary N) is 2. The Balaban J connectivity index is 1.62. The number of fused-ring (bicyclic) bond motifs is 1.